The average Bonchev–Trinajstić information content (AvgIpc) is 3.40. The number of aliphatic hydroxyl groups is 1. The van der Waals surface area contributed by atoms with E-state index in [1.54, 1.807) is 28.5 Å². The standard InChI is InChI=1S/C22H18N4O3/c1-25-17-12-15(17)22(29,21(25)28)9-8-13-5-4-6-14(11-13)20-24-18(19(23)27)16-7-2-3-10-26(16)20/h2-7,10-11,15,17,29H,12H2,1H3,(H2,23,27)/t15-,17+,22-/m0/s1. The van der Waals surface area contributed by atoms with Crippen molar-refractivity contribution in [3.63, 3.8) is 0 Å². The van der Waals surface area contributed by atoms with Gasteiger partial charge >= 0.3 is 0 Å². The summed E-state index contributed by atoms with van der Waals surface area (Å²) in [6.07, 6.45) is 2.59. The highest BCUT2D eigenvalue weighted by atomic mass is 16.3. The van der Waals surface area contributed by atoms with Crippen molar-refractivity contribution in [3.05, 3.63) is 59.9 Å². The molecule has 144 valence electrons. The first kappa shape index (κ1) is 17.5. The Balaban J connectivity index is 1.55. The van der Waals surface area contributed by atoms with Gasteiger partial charge in [-0.3, -0.25) is 14.0 Å². The van der Waals surface area contributed by atoms with Gasteiger partial charge in [-0.15, -0.1) is 0 Å². The lowest BCUT2D eigenvalue weighted by atomic mass is 9.98. The number of fused-ring (bicyclic) bond motifs is 2. The minimum absolute atomic E-state index is 0.0941. The van der Waals surface area contributed by atoms with E-state index in [4.69, 9.17) is 5.73 Å². The summed E-state index contributed by atoms with van der Waals surface area (Å²) in [5, 5.41) is 10.8. The van der Waals surface area contributed by atoms with Gasteiger partial charge in [0.15, 0.2) is 5.69 Å². The second-order valence-corrected chi connectivity index (χ2v) is 7.53. The van der Waals surface area contributed by atoms with E-state index in [1.807, 2.05) is 36.5 Å². The van der Waals surface area contributed by atoms with Crippen LogP contribution < -0.4 is 5.73 Å². The summed E-state index contributed by atoms with van der Waals surface area (Å²) in [6.45, 7) is 0. The van der Waals surface area contributed by atoms with E-state index in [0.29, 0.717) is 16.9 Å². The van der Waals surface area contributed by atoms with Crippen molar-refractivity contribution in [2.24, 2.45) is 11.7 Å². The van der Waals surface area contributed by atoms with Gasteiger partial charge in [0.25, 0.3) is 11.8 Å². The molecule has 1 aromatic carbocycles. The van der Waals surface area contributed by atoms with Crippen molar-refractivity contribution < 1.29 is 14.7 Å². The number of primary amides is 1. The molecule has 3 N–H and O–H groups in total. The Labute approximate surface area is 166 Å². The van der Waals surface area contributed by atoms with Gasteiger partial charge in [-0.25, -0.2) is 4.98 Å². The third kappa shape index (κ3) is 2.53. The van der Waals surface area contributed by atoms with E-state index < -0.39 is 11.5 Å². The summed E-state index contributed by atoms with van der Waals surface area (Å²) in [6, 6.07) is 12.8. The first-order valence-corrected chi connectivity index (χ1v) is 9.30. The Morgan fingerprint density at radius 1 is 1.31 bits per heavy atom. The van der Waals surface area contributed by atoms with E-state index >= 15 is 0 Å². The molecule has 3 heterocycles. The van der Waals surface area contributed by atoms with Gasteiger partial charge in [-0.05, 0) is 30.7 Å². The monoisotopic (exact) mass is 386 g/mol. The molecule has 0 bridgehead atoms. The Hall–Kier alpha value is -3.63. The van der Waals surface area contributed by atoms with Gasteiger partial charge in [0, 0.05) is 36.3 Å². The summed E-state index contributed by atoms with van der Waals surface area (Å²) >= 11 is 0. The molecule has 2 aromatic heterocycles. The van der Waals surface area contributed by atoms with Crippen LogP contribution in [0.4, 0.5) is 0 Å². The van der Waals surface area contributed by atoms with Gasteiger partial charge in [-0.2, -0.15) is 0 Å². The highest BCUT2D eigenvalue weighted by Gasteiger charge is 2.66. The minimum atomic E-state index is -1.62. The zero-order chi connectivity index (χ0) is 20.3. The quantitative estimate of drug-likeness (QED) is 0.643. The van der Waals surface area contributed by atoms with Crippen molar-refractivity contribution in [1.82, 2.24) is 14.3 Å². The van der Waals surface area contributed by atoms with Crippen LogP contribution in [0, 0.1) is 17.8 Å². The maximum Gasteiger partial charge on any atom is 0.269 e. The van der Waals surface area contributed by atoms with Crippen LogP contribution in [0.1, 0.15) is 22.5 Å². The number of amides is 2. The van der Waals surface area contributed by atoms with Crippen LogP contribution in [0.15, 0.2) is 48.7 Å². The Morgan fingerprint density at radius 2 is 2.14 bits per heavy atom. The predicted octanol–water partition coefficient (Wildman–Crippen LogP) is 1.04. The van der Waals surface area contributed by atoms with Crippen molar-refractivity contribution in [2.45, 2.75) is 18.1 Å². The molecule has 1 saturated heterocycles. The van der Waals surface area contributed by atoms with E-state index in [9.17, 15) is 14.7 Å². The normalized spacial score (nSPS) is 24.9. The number of hydrogen-bond acceptors (Lipinski definition) is 4. The summed E-state index contributed by atoms with van der Waals surface area (Å²) in [5.74, 6) is 5.25. The summed E-state index contributed by atoms with van der Waals surface area (Å²) < 4.78 is 1.80. The Morgan fingerprint density at radius 3 is 2.86 bits per heavy atom. The van der Waals surface area contributed by atoms with Crippen LogP contribution >= 0.6 is 0 Å². The number of imidazole rings is 1. The molecule has 2 fully saturated rings. The Kier molecular flexibility index (Phi) is 3.57. The summed E-state index contributed by atoms with van der Waals surface area (Å²) in [5.41, 5.74) is 6.07. The maximum atomic E-state index is 12.3. The third-order valence-corrected chi connectivity index (χ3v) is 5.74. The van der Waals surface area contributed by atoms with Crippen molar-refractivity contribution >= 4 is 17.3 Å². The molecule has 1 aliphatic heterocycles. The predicted molar refractivity (Wildman–Crippen MR) is 106 cm³/mol. The Bertz CT molecular complexity index is 1250. The van der Waals surface area contributed by atoms with E-state index in [1.165, 1.54) is 0 Å². The molecular formula is C22H18N4O3. The van der Waals surface area contributed by atoms with Gasteiger partial charge in [-0.1, -0.05) is 30.0 Å². The molecule has 1 saturated carbocycles. The molecule has 0 unspecified atom stereocenters. The second kappa shape index (κ2) is 5.93. The molecule has 3 aromatic rings. The minimum Gasteiger partial charge on any atom is -0.369 e. The van der Waals surface area contributed by atoms with Crippen molar-refractivity contribution in [3.8, 4) is 23.2 Å². The van der Waals surface area contributed by atoms with Crippen LogP contribution in [0.5, 0.6) is 0 Å². The number of aromatic nitrogens is 2. The number of hydrogen-bond donors (Lipinski definition) is 2. The van der Waals surface area contributed by atoms with Crippen molar-refractivity contribution in [2.75, 3.05) is 7.05 Å². The molecule has 2 aliphatic rings. The summed E-state index contributed by atoms with van der Waals surface area (Å²) in [4.78, 5) is 30.1. The topological polar surface area (TPSA) is 101 Å². The highest BCUT2D eigenvalue weighted by molar-refractivity contribution is 5.99. The van der Waals surface area contributed by atoms with Gasteiger partial charge in [0.2, 0.25) is 5.60 Å². The number of nitrogens with zero attached hydrogens (tertiary/aromatic N) is 3. The van der Waals surface area contributed by atoms with E-state index in [0.717, 1.165) is 12.0 Å². The average molecular weight is 386 g/mol. The lowest BCUT2D eigenvalue weighted by Crippen LogP contribution is -2.41. The number of rotatable bonds is 2. The third-order valence-electron chi connectivity index (χ3n) is 5.74. The first-order valence-electron chi connectivity index (χ1n) is 9.30. The zero-order valence-corrected chi connectivity index (χ0v) is 15.7. The molecule has 3 atom stereocenters. The molecule has 5 rings (SSSR count). The number of pyridine rings is 1. The first-order chi connectivity index (χ1) is 13.9. The lowest BCUT2D eigenvalue weighted by Gasteiger charge is -2.18. The number of likely N-dealkylation sites (N-methyl/N-ethyl adjacent to an activating group) is 1. The molecule has 7 heteroatoms. The fourth-order valence-electron chi connectivity index (χ4n) is 4.11. The number of benzene rings is 1. The molecule has 2 amide bonds. The second-order valence-electron chi connectivity index (χ2n) is 7.53. The molecule has 0 spiro atoms. The number of carbonyl (C=O) groups is 2. The number of likely N-dealkylation sites (tertiary alicyclic amines) is 1. The van der Waals surface area contributed by atoms with Gasteiger partial charge in [0.1, 0.15) is 5.82 Å². The van der Waals surface area contributed by atoms with Gasteiger partial charge in [0.05, 0.1) is 5.52 Å². The molecule has 0 radical (unpaired) electrons. The van der Waals surface area contributed by atoms with E-state index in [2.05, 4.69) is 16.8 Å². The molecular weight excluding hydrogens is 368 g/mol. The molecule has 7 nitrogen and oxygen atoms in total. The van der Waals surface area contributed by atoms with Gasteiger partial charge < -0.3 is 15.7 Å². The van der Waals surface area contributed by atoms with E-state index in [-0.39, 0.29) is 23.6 Å². The van der Waals surface area contributed by atoms with Crippen LogP contribution in [-0.4, -0.2) is 49.9 Å². The summed E-state index contributed by atoms with van der Waals surface area (Å²) in [7, 11) is 1.70. The van der Waals surface area contributed by atoms with Crippen LogP contribution in [0.2, 0.25) is 0 Å². The van der Waals surface area contributed by atoms with Crippen LogP contribution in [-0.2, 0) is 4.79 Å². The largest absolute Gasteiger partial charge is 0.369 e. The fraction of sp³-hybridized carbons (Fsp3) is 0.227. The van der Waals surface area contributed by atoms with Crippen LogP contribution in [0.3, 0.4) is 0 Å². The molecule has 1 aliphatic carbocycles. The molecule has 29 heavy (non-hydrogen) atoms. The fourth-order valence-corrected chi connectivity index (χ4v) is 4.11. The number of piperidine rings is 1. The lowest BCUT2D eigenvalue weighted by molar-refractivity contribution is -0.140. The SMILES string of the molecule is CN1C(=O)[C@](O)(C#Cc2cccc(-c3nc(C(N)=O)c4ccccn34)c2)[C@H]2C[C@H]21. The van der Waals surface area contributed by atoms with Crippen molar-refractivity contribution in [1.29, 1.82) is 0 Å². The van der Waals surface area contributed by atoms with Crippen LogP contribution in [0.25, 0.3) is 16.9 Å². The maximum absolute atomic E-state index is 12.3. The highest BCUT2D eigenvalue weighted by Crippen LogP contribution is 2.50. The number of carbonyl (C=O) groups excluding carboxylic acids is 2. The smallest absolute Gasteiger partial charge is 0.269 e. The zero-order valence-electron chi connectivity index (χ0n) is 15.7. The number of nitrogens with two attached hydrogens (primary N) is 1.